The number of nitrogens with zero attached hydrogens (tertiary/aromatic N) is 1. The lowest BCUT2D eigenvalue weighted by Crippen LogP contribution is -2.21. The van der Waals surface area contributed by atoms with Gasteiger partial charge < -0.3 is 15.2 Å². The van der Waals surface area contributed by atoms with E-state index in [0.29, 0.717) is 13.0 Å². The van der Waals surface area contributed by atoms with Crippen LogP contribution in [-0.4, -0.2) is 27.9 Å². The van der Waals surface area contributed by atoms with E-state index in [-0.39, 0.29) is 5.78 Å². The van der Waals surface area contributed by atoms with Crippen LogP contribution in [0.1, 0.15) is 43.7 Å². The highest BCUT2D eigenvalue weighted by Gasteiger charge is 2.18. The number of carbonyl (C=O) groups is 2. The standard InChI is InChI=1S/C26H30N2O4S/c1-19(29)25(33-26(27)30)15-21-6-8-24(9-7-21)32-18-23-14-22(16-31-17-23)5-3-2-4-20-10-12-28-13-11-20/h6-13,16-17,25H,2-5,14-15,18H2,1H3,(H2,27,30). The van der Waals surface area contributed by atoms with Gasteiger partial charge in [0.25, 0.3) is 5.24 Å². The molecule has 0 saturated carbocycles. The van der Waals surface area contributed by atoms with Gasteiger partial charge in [-0.2, -0.15) is 0 Å². The number of nitrogens with two attached hydrogens (primary N) is 1. The molecule has 174 valence electrons. The second-order valence-corrected chi connectivity index (χ2v) is 9.31. The van der Waals surface area contributed by atoms with Crippen LogP contribution in [0.3, 0.4) is 0 Å². The van der Waals surface area contributed by atoms with Gasteiger partial charge in [0.1, 0.15) is 18.1 Å². The Labute approximate surface area is 199 Å². The quantitative estimate of drug-likeness (QED) is 0.423. The molecule has 2 N–H and O–H groups in total. The van der Waals surface area contributed by atoms with Gasteiger partial charge in [0, 0.05) is 18.0 Å². The van der Waals surface area contributed by atoms with Crippen LogP contribution < -0.4 is 10.5 Å². The molecule has 1 unspecified atom stereocenters. The van der Waals surface area contributed by atoms with Crippen LogP contribution in [-0.2, 0) is 22.4 Å². The number of thioether (sulfide) groups is 1. The average molecular weight is 467 g/mol. The minimum atomic E-state index is -0.541. The van der Waals surface area contributed by atoms with Crippen molar-refractivity contribution in [3.05, 3.63) is 83.6 Å². The Morgan fingerprint density at radius 1 is 1.03 bits per heavy atom. The Bertz CT molecular complexity index is 987. The predicted octanol–water partition coefficient (Wildman–Crippen LogP) is 5.37. The highest BCUT2D eigenvalue weighted by Crippen LogP contribution is 2.24. The number of Topliss-reactive ketones (excluding diaryl/α,β-unsaturated/α-hetero) is 1. The van der Waals surface area contributed by atoms with Crippen molar-refractivity contribution in [1.29, 1.82) is 0 Å². The molecular formula is C26H30N2O4S. The molecule has 7 heteroatoms. The monoisotopic (exact) mass is 466 g/mol. The number of unbranched alkanes of at least 4 members (excludes halogenated alkanes) is 1. The first-order valence-corrected chi connectivity index (χ1v) is 12.0. The first kappa shape index (κ1) is 24.6. The Hall–Kier alpha value is -3.06. The fourth-order valence-corrected chi connectivity index (χ4v) is 4.31. The van der Waals surface area contributed by atoms with E-state index in [9.17, 15) is 9.59 Å². The molecule has 0 fully saturated rings. The van der Waals surface area contributed by atoms with Crippen molar-refractivity contribution >= 4 is 22.8 Å². The maximum atomic E-state index is 11.7. The second-order valence-electron chi connectivity index (χ2n) is 8.10. The fourth-order valence-electron chi connectivity index (χ4n) is 3.58. The summed E-state index contributed by atoms with van der Waals surface area (Å²) in [7, 11) is 0. The number of carbonyl (C=O) groups excluding carboxylic acids is 2. The van der Waals surface area contributed by atoms with Crippen LogP contribution >= 0.6 is 11.8 Å². The first-order valence-electron chi connectivity index (χ1n) is 11.1. The van der Waals surface area contributed by atoms with E-state index in [1.54, 1.807) is 6.26 Å². The molecular weight excluding hydrogens is 436 g/mol. The van der Waals surface area contributed by atoms with Crippen molar-refractivity contribution in [2.24, 2.45) is 5.73 Å². The highest BCUT2D eigenvalue weighted by atomic mass is 32.2. The largest absolute Gasteiger partial charge is 0.489 e. The van der Waals surface area contributed by atoms with E-state index in [0.717, 1.165) is 60.8 Å². The molecule has 6 nitrogen and oxygen atoms in total. The van der Waals surface area contributed by atoms with Gasteiger partial charge in [0.2, 0.25) is 0 Å². The number of primary amides is 1. The molecule has 3 rings (SSSR count). The first-order chi connectivity index (χ1) is 16.0. The van der Waals surface area contributed by atoms with Crippen molar-refractivity contribution in [2.45, 2.75) is 50.7 Å². The molecule has 2 aromatic rings. The number of rotatable bonds is 12. The summed E-state index contributed by atoms with van der Waals surface area (Å²) < 4.78 is 11.5. The van der Waals surface area contributed by atoms with Gasteiger partial charge in [-0.05, 0) is 86.4 Å². The SMILES string of the molecule is CC(=O)C(Cc1ccc(OCC2=COC=C(CCCCc3ccncc3)C2)cc1)SC(N)=O. The van der Waals surface area contributed by atoms with E-state index in [1.807, 2.05) is 42.9 Å². The number of hydrogen-bond acceptors (Lipinski definition) is 6. The third-order valence-corrected chi connectivity index (χ3v) is 6.38. The number of aromatic nitrogens is 1. The predicted molar refractivity (Wildman–Crippen MR) is 131 cm³/mol. The molecule has 1 aromatic heterocycles. The van der Waals surface area contributed by atoms with Crippen LogP contribution in [0.15, 0.2) is 72.5 Å². The van der Waals surface area contributed by atoms with Gasteiger partial charge in [-0.1, -0.05) is 23.9 Å². The van der Waals surface area contributed by atoms with Crippen molar-refractivity contribution in [2.75, 3.05) is 6.61 Å². The molecule has 1 amide bonds. The van der Waals surface area contributed by atoms with E-state index in [2.05, 4.69) is 17.1 Å². The summed E-state index contributed by atoms with van der Waals surface area (Å²) in [5, 5.41) is -1.01. The summed E-state index contributed by atoms with van der Waals surface area (Å²) in [5.74, 6) is 0.680. The summed E-state index contributed by atoms with van der Waals surface area (Å²) in [5.41, 5.74) is 9.87. The minimum Gasteiger partial charge on any atom is -0.489 e. The summed E-state index contributed by atoms with van der Waals surface area (Å²) in [6, 6.07) is 11.7. The molecule has 0 saturated heterocycles. The molecule has 1 aliphatic heterocycles. The van der Waals surface area contributed by atoms with Crippen LogP contribution in [0.4, 0.5) is 4.79 Å². The molecule has 0 radical (unpaired) electrons. The highest BCUT2D eigenvalue weighted by molar-refractivity contribution is 8.14. The van der Waals surface area contributed by atoms with E-state index in [4.69, 9.17) is 15.2 Å². The molecule has 1 aromatic carbocycles. The Morgan fingerprint density at radius 3 is 2.42 bits per heavy atom. The van der Waals surface area contributed by atoms with Crippen LogP contribution in [0.2, 0.25) is 0 Å². The third kappa shape index (κ3) is 8.77. The Balaban J connectivity index is 1.39. The number of aryl methyl sites for hydroxylation is 1. The molecule has 0 aliphatic carbocycles. The number of benzene rings is 1. The summed E-state index contributed by atoms with van der Waals surface area (Å²) in [6.45, 7) is 1.93. The summed E-state index contributed by atoms with van der Waals surface area (Å²) in [6.07, 6.45) is 12.9. The molecule has 0 bridgehead atoms. The number of pyridine rings is 1. The Morgan fingerprint density at radius 2 is 1.73 bits per heavy atom. The lowest BCUT2D eigenvalue weighted by atomic mass is 9.99. The van der Waals surface area contributed by atoms with E-state index in [1.165, 1.54) is 18.1 Å². The smallest absolute Gasteiger partial charge is 0.277 e. The molecule has 2 heterocycles. The van der Waals surface area contributed by atoms with Gasteiger partial charge in [-0.25, -0.2) is 0 Å². The molecule has 0 spiro atoms. The fraction of sp³-hybridized carbons (Fsp3) is 0.346. The van der Waals surface area contributed by atoms with Crippen LogP contribution in [0.25, 0.3) is 0 Å². The zero-order valence-corrected chi connectivity index (χ0v) is 19.7. The van der Waals surface area contributed by atoms with Gasteiger partial charge in [-0.3, -0.25) is 14.6 Å². The molecule has 1 atom stereocenters. The number of allylic oxidation sites excluding steroid dienone is 1. The number of amides is 1. The average Bonchev–Trinajstić information content (AvgIpc) is 2.81. The third-order valence-electron chi connectivity index (χ3n) is 5.37. The van der Waals surface area contributed by atoms with Crippen LogP contribution in [0.5, 0.6) is 5.75 Å². The summed E-state index contributed by atoms with van der Waals surface area (Å²) in [4.78, 5) is 26.9. The minimum absolute atomic E-state index is 0.0652. The summed E-state index contributed by atoms with van der Waals surface area (Å²) >= 11 is 0.871. The van der Waals surface area contributed by atoms with Gasteiger partial charge in [0.15, 0.2) is 0 Å². The zero-order valence-electron chi connectivity index (χ0n) is 18.9. The maximum absolute atomic E-state index is 11.7. The van der Waals surface area contributed by atoms with Gasteiger partial charge in [0.05, 0.1) is 17.8 Å². The second kappa shape index (κ2) is 12.8. The zero-order chi connectivity index (χ0) is 23.5. The van der Waals surface area contributed by atoms with Gasteiger partial charge >= 0.3 is 0 Å². The molecule has 33 heavy (non-hydrogen) atoms. The Kier molecular flexibility index (Phi) is 9.57. The lowest BCUT2D eigenvalue weighted by Gasteiger charge is -2.16. The van der Waals surface area contributed by atoms with E-state index >= 15 is 0 Å². The molecule has 1 aliphatic rings. The number of ether oxygens (including phenoxy) is 2. The number of ketones is 1. The van der Waals surface area contributed by atoms with Crippen molar-refractivity contribution in [1.82, 2.24) is 4.98 Å². The van der Waals surface area contributed by atoms with Crippen molar-refractivity contribution in [3.8, 4) is 5.75 Å². The number of hydrogen-bond donors (Lipinski definition) is 1. The van der Waals surface area contributed by atoms with Crippen molar-refractivity contribution < 1.29 is 19.1 Å². The maximum Gasteiger partial charge on any atom is 0.277 e. The lowest BCUT2D eigenvalue weighted by molar-refractivity contribution is -0.116. The van der Waals surface area contributed by atoms with Crippen LogP contribution in [0, 0.1) is 0 Å². The van der Waals surface area contributed by atoms with Crippen molar-refractivity contribution in [3.63, 3.8) is 0 Å². The normalized spacial score (nSPS) is 14.0. The topological polar surface area (TPSA) is 91.5 Å². The van der Waals surface area contributed by atoms with Gasteiger partial charge in [-0.15, -0.1) is 0 Å². The van der Waals surface area contributed by atoms with E-state index < -0.39 is 10.5 Å².